The molecule has 136 valence electrons. The molecule has 0 aliphatic carbocycles. The quantitative estimate of drug-likeness (QED) is 0.503. The maximum Gasteiger partial charge on any atom is 0.344 e. The third-order valence-corrected chi connectivity index (χ3v) is 4.73. The molecule has 0 saturated heterocycles. The summed E-state index contributed by atoms with van der Waals surface area (Å²) in [7, 11) is 0. The van der Waals surface area contributed by atoms with E-state index >= 15 is 0 Å². The van der Waals surface area contributed by atoms with E-state index in [1.165, 1.54) is 0 Å². The van der Waals surface area contributed by atoms with Gasteiger partial charge in [0.15, 0.2) is 5.58 Å². The fraction of sp³-hybridized carbons (Fsp3) is 0.182. The number of aromatic nitrogens is 1. The van der Waals surface area contributed by atoms with Crippen LogP contribution in [0.1, 0.15) is 28.5 Å². The molecule has 2 aromatic heterocycles. The molecule has 5 nitrogen and oxygen atoms in total. The van der Waals surface area contributed by atoms with Crippen LogP contribution in [-0.4, -0.2) is 17.1 Å². The number of benzene rings is 2. The van der Waals surface area contributed by atoms with Crippen LogP contribution in [-0.2, 0) is 4.74 Å². The zero-order valence-corrected chi connectivity index (χ0v) is 15.4. The lowest BCUT2D eigenvalue weighted by Gasteiger charge is -2.10. The van der Waals surface area contributed by atoms with Crippen LogP contribution in [0.4, 0.5) is 0 Å². The van der Waals surface area contributed by atoms with E-state index in [1.54, 1.807) is 19.1 Å². The molecule has 2 aromatic carbocycles. The van der Waals surface area contributed by atoms with Gasteiger partial charge in [0, 0.05) is 16.8 Å². The van der Waals surface area contributed by atoms with Crippen molar-refractivity contribution in [3.8, 4) is 5.69 Å². The van der Waals surface area contributed by atoms with Gasteiger partial charge in [-0.2, -0.15) is 0 Å². The molecule has 0 unspecified atom stereocenters. The van der Waals surface area contributed by atoms with Gasteiger partial charge in [-0.25, -0.2) is 9.59 Å². The first-order valence-electron chi connectivity index (χ1n) is 8.84. The zero-order chi connectivity index (χ0) is 19.1. The molecule has 0 aliphatic heterocycles. The second kappa shape index (κ2) is 6.43. The van der Waals surface area contributed by atoms with Gasteiger partial charge in [-0.05, 0) is 39.0 Å². The lowest BCUT2D eigenvalue weighted by Crippen LogP contribution is -2.07. The van der Waals surface area contributed by atoms with E-state index in [4.69, 9.17) is 9.15 Å². The molecule has 0 bridgehead atoms. The largest absolute Gasteiger partial charge is 0.462 e. The van der Waals surface area contributed by atoms with Crippen molar-refractivity contribution in [1.29, 1.82) is 0 Å². The molecule has 0 atom stereocenters. The monoisotopic (exact) mass is 361 g/mol. The summed E-state index contributed by atoms with van der Waals surface area (Å²) in [5.41, 5.74) is 3.46. The van der Waals surface area contributed by atoms with Crippen molar-refractivity contribution in [2.75, 3.05) is 6.61 Å². The van der Waals surface area contributed by atoms with Gasteiger partial charge in [-0.3, -0.25) is 0 Å². The van der Waals surface area contributed by atoms with Gasteiger partial charge in [0.25, 0.3) is 0 Å². The van der Waals surface area contributed by atoms with E-state index in [2.05, 4.69) is 0 Å². The fourth-order valence-electron chi connectivity index (χ4n) is 3.48. The minimum absolute atomic E-state index is 0.243. The van der Waals surface area contributed by atoms with Crippen LogP contribution in [0.25, 0.3) is 27.6 Å². The van der Waals surface area contributed by atoms with E-state index in [9.17, 15) is 9.59 Å². The molecule has 4 aromatic rings. The van der Waals surface area contributed by atoms with Gasteiger partial charge in [0.1, 0.15) is 5.56 Å². The Morgan fingerprint density at radius 2 is 1.70 bits per heavy atom. The maximum atomic E-state index is 12.6. The second-order valence-corrected chi connectivity index (χ2v) is 6.46. The van der Waals surface area contributed by atoms with Crippen LogP contribution in [0, 0.1) is 13.8 Å². The number of nitrogens with zero attached hydrogens (tertiary/aromatic N) is 1. The van der Waals surface area contributed by atoms with Crippen molar-refractivity contribution >= 4 is 27.8 Å². The predicted octanol–water partition coefficient (Wildman–Crippen LogP) is 4.53. The maximum absolute atomic E-state index is 12.6. The normalized spacial score (nSPS) is 11.2. The average molecular weight is 361 g/mol. The van der Waals surface area contributed by atoms with Crippen LogP contribution in [0.3, 0.4) is 0 Å². The Morgan fingerprint density at radius 3 is 2.37 bits per heavy atom. The molecule has 0 N–H and O–H groups in total. The highest BCUT2D eigenvalue weighted by atomic mass is 16.5. The second-order valence-electron chi connectivity index (χ2n) is 6.46. The molecule has 0 amide bonds. The molecule has 4 rings (SSSR count). The number of hydrogen-bond donors (Lipinski definition) is 0. The lowest BCUT2D eigenvalue weighted by atomic mass is 10.1. The number of fused-ring (bicyclic) bond motifs is 3. The van der Waals surface area contributed by atoms with Gasteiger partial charge < -0.3 is 13.7 Å². The highest BCUT2D eigenvalue weighted by Crippen LogP contribution is 2.33. The minimum Gasteiger partial charge on any atom is -0.462 e. The molecule has 0 aliphatic rings. The highest BCUT2D eigenvalue weighted by Gasteiger charge is 2.26. The Balaban J connectivity index is 2.20. The van der Waals surface area contributed by atoms with Gasteiger partial charge in [0.05, 0.1) is 17.5 Å². The average Bonchev–Trinajstić information content (AvgIpc) is 2.95. The fourth-order valence-corrected chi connectivity index (χ4v) is 3.48. The Bertz CT molecular complexity index is 1230. The summed E-state index contributed by atoms with van der Waals surface area (Å²) in [5.74, 6) is -0.496. The summed E-state index contributed by atoms with van der Waals surface area (Å²) in [4.78, 5) is 25.1. The summed E-state index contributed by atoms with van der Waals surface area (Å²) in [6, 6.07) is 15.2. The summed E-state index contributed by atoms with van der Waals surface area (Å²) in [5, 5.41) is 1.22. The standard InChI is InChI=1S/C22H19NO4/c1-4-26-22(25)18-14(3)23(15-11-9-13(2)10-12-15)19-16-7-5-6-8-17(16)21(24)27-20(18)19/h5-12H,4H2,1-3H3. The molecular formula is C22H19NO4. The van der Waals surface area contributed by atoms with Crippen LogP contribution in [0.2, 0.25) is 0 Å². The van der Waals surface area contributed by atoms with E-state index in [-0.39, 0.29) is 17.8 Å². The summed E-state index contributed by atoms with van der Waals surface area (Å²) >= 11 is 0. The van der Waals surface area contributed by atoms with E-state index in [0.29, 0.717) is 16.6 Å². The number of carbonyl (C=O) groups is 1. The summed E-state index contributed by atoms with van der Waals surface area (Å²) in [6.07, 6.45) is 0. The predicted molar refractivity (Wildman–Crippen MR) is 105 cm³/mol. The topological polar surface area (TPSA) is 61.4 Å². The first-order valence-corrected chi connectivity index (χ1v) is 8.84. The van der Waals surface area contributed by atoms with Gasteiger partial charge in [0.2, 0.25) is 0 Å². The van der Waals surface area contributed by atoms with Crippen LogP contribution < -0.4 is 5.63 Å². The van der Waals surface area contributed by atoms with Crippen LogP contribution in [0.15, 0.2) is 57.7 Å². The lowest BCUT2D eigenvalue weighted by molar-refractivity contribution is 0.0526. The number of hydrogen-bond acceptors (Lipinski definition) is 4. The first-order chi connectivity index (χ1) is 13.0. The Hall–Kier alpha value is -3.34. The van der Waals surface area contributed by atoms with Crippen molar-refractivity contribution in [3.63, 3.8) is 0 Å². The van der Waals surface area contributed by atoms with Crippen molar-refractivity contribution in [2.24, 2.45) is 0 Å². The van der Waals surface area contributed by atoms with Crippen molar-refractivity contribution in [2.45, 2.75) is 20.8 Å². The molecule has 0 spiro atoms. The van der Waals surface area contributed by atoms with Gasteiger partial charge >= 0.3 is 11.6 Å². The summed E-state index contributed by atoms with van der Waals surface area (Å²) < 4.78 is 12.8. The third kappa shape index (κ3) is 2.63. The molecule has 5 heteroatoms. The number of esters is 1. The summed E-state index contributed by atoms with van der Waals surface area (Å²) in [6.45, 7) is 5.84. The third-order valence-electron chi connectivity index (χ3n) is 4.73. The smallest absolute Gasteiger partial charge is 0.344 e. The van der Waals surface area contributed by atoms with Crippen molar-refractivity contribution in [1.82, 2.24) is 4.57 Å². The van der Waals surface area contributed by atoms with Gasteiger partial charge in [-0.15, -0.1) is 0 Å². The van der Waals surface area contributed by atoms with Crippen LogP contribution in [0.5, 0.6) is 0 Å². The van der Waals surface area contributed by atoms with Crippen LogP contribution >= 0.6 is 0 Å². The SMILES string of the molecule is CCOC(=O)c1c(C)n(-c2ccc(C)cc2)c2c1oc(=O)c1ccccc12. The Labute approximate surface area is 155 Å². The highest BCUT2D eigenvalue weighted by molar-refractivity contribution is 6.12. The molecule has 27 heavy (non-hydrogen) atoms. The first kappa shape index (κ1) is 17.1. The minimum atomic E-state index is -0.496. The van der Waals surface area contributed by atoms with E-state index in [0.717, 1.165) is 16.6 Å². The van der Waals surface area contributed by atoms with E-state index in [1.807, 2.05) is 54.8 Å². The molecule has 0 saturated carbocycles. The number of ether oxygens (including phenoxy) is 1. The zero-order valence-electron chi connectivity index (χ0n) is 15.4. The Kier molecular flexibility index (Phi) is 4.07. The van der Waals surface area contributed by atoms with Crippen molar-refractivity contribution < 1.29 is 13.9 Å². The number of carbonyl (C=O) groups excluding carboxylic acids is 1. The molecule has 2 heterocycles. The number of rotatable bonds is 3. The number of aryl methyl sites for hydroxylation is 1. The molecule has 0 fully saturated rings. The van der Waals surface area contributed by atoms with E-state index < -0.39 is 11.6 Å². The molecular weight excluding hydrogens is 342 g/mol. The molecule has 0 radical (unpaired) electrons. The van der Waals surface area contributed by atoms with Gasteiger partial charge in [-0.1, -0.05) is 35.9 Å². The van der Waals surface area contributed by atoms with Crippen molar-refractivity contribution in [3.05, 3.63) is 75.8 Å². The Morgan fingerprint density at radius 1 is 1.04 bits per heavy atom.